The molecular weight excluding hydrogens is 604 g/mol. The maximum atomic E-state index is 13.8. The van der Waals surface area contributed by atoms with E-state index in [-0.39, 0.29) is 42.4 Å². The highest BCUT2D eigenvalue weighted by Gasteiger charge is 2.31. The van der Waals surface area contributed by atoms with Crippen molar-refractivity contribution in [3.63, 3.8) is 0 Å². The van der Waals surface area contributed by atoms with E-state index in [1.54, 1.807) is 37.4 Å². The number of carbonyl (C=O) groups excluding carboxylic acids is 2. The van der Waals surface area contributed by atoms with Crippen molar-refractivity contribution in [2.45, 2.75) is 44.3 Å². The Morgan fingerprint density at radius 3 is 2.24 bits per heavy atom. The van der Waals surface area contributed by atoms with Gasteiger partial charge in [-0.2, -0.15) is 13.2 Å². The van der Waals surface area contributed by atoms with E-state index in [1.165, 1.54) is 11.0 Å². The van der Waals surface area contributed by atoms with Crippen LogP contribution in [0.5, 0.6) is 0 Å². The van der Waals surface area contributed by atoms with Crippen molar-refractivity contribution in [2.75, 3.05) is 13.6 Å². The Kier molecular flexibility index (Phi) is 11.1. The number of nitrogens with one attached hydrogen (secondary N) is 3. The molecule has 1 aromatic heterocycles. The van der Waals surface area contributed by atoms with Crippen LogP contribution >= 0.6 is 0 Å². The van der Waals surface area contributed by atoms with E-state index in [1.807, 2.05) is 37.3 Å². The lowest BCUT2D eigenvalue weighted by molar-refractivity contribution is -0.137. The molecule has 0 saturated heterocycles. The van der Waals surface area contributed by atoms with Crippen molar-refractivity contribution in [1.82, 2.24) is 20.5 Å². The Morgan fingerprint density at radius 2 is 1.59 bits per heavy atom. The molecule has 0 aliphatic heterocycles. The summed E-state index contributed by atoms with van der Waals surface area (Å²) in [5, 5.41) is 16.6. The molecule has 0 aliphatic carbocycles. The van der Waals surface area contributed by atoms with Gasteiger partial charge in [0.15, 0.2) is 0 Å². The molecule has 0 unspecified atom stereocenters. The summed E-state index contributed by atoms with van der Waals surface area (Å²) in [4.78, 5) is 43.1. The van der Waals surface area contributed by atoms with E-state index in [0.29, 0.717) is 6.07 Å². The van der Waals surface area contributed by atoms with Gasteiger partial charge in [0.1, 0.15) is 11.5 Å². The third-order valence-corrected chi connectivity index (χ3v) is 7.57. The molecule has 3 atom stereocenters. The number of aliphatic hydroxyl groups excluding tert-OH is 1. The van der Waals surface area contributed by atoms with Gasteiger partial charge >= 0.3 is 6.18 Å². The normalized spacial score (nSPS) is 13.5. The van der Waals surface area contributed by atoms with Gasteiger partial charge in [0.25, 0.3) is 11.8 Å². The standard InChI is InChI=1S/C34H34F4N4O4/c1-21(24-11-7-4-8-12-24)42(2)33(46)25-16-29(40-31(44)17-25)32(45)41-28(15-22-9-5-3-6-10-22)30(43)20-39-19-23-13-26(34(36,37)38)18-27(35)14-23/h3-14,16-18,21,28,30,39,43H,15,19-20H2,1-2H3,(H,40,44)(H,41,45)/t21-,28+,30-/m1/s1. The highest BCUT2D eigenvalue weighted by atomic mass is 19.4. The lowest BCUT2D eigenvalue weighted by Crippen LogP contribution is -2.49. The largest absolute Gasteiger partial charge is 0.416 e. The number of aromatic nitrogens is 1. The summed E-state index contributed by atoms with van der Waals surface area (Å²) in [5.74, 6) is -2.28. The first-order valence-electron chi connectivity index (χ1n) is 14.5. The number of H-pyrrole nitrogens is 1. The summed E-state index contributed by atoms with van der Waals surface area (Å²) in [6.45, 7) is 1.48. The van der Waals surface area contributed by atoms with Gasteiger partial charge in [0.05, 0.1) is 23.8 Å². The Hall–Kier alpha value is -4.81. The molecule has 0 fully saturated rings. The topological polar surface area (TPSA) is 115 Å². The summed E-state index contributed by atoms with van der Waals surface area (Å²) in [7, 11) is 1.59. The van der Waals surface area contributed by atoms with E-state index < -0.39 is 47.1 Å². The predicted octanol–water partition coefficient (Wildman–Crippen LogP) is 4.86. The van der Waals surface area contributed by atoms with Crippen molar-refractivity contribution in [2.24, 2.45) is 0 Å². The SMILES string of the molecule is C[C@H](c1ccccc1)N(C)C(=O)c1cc(C(=O)N[C@@H](Cc2ccccc2)[C@H](O)CNCc2cc(F)cc(C(F)(F)F)c2)[nH]c(=O)c1. The number of halogens is 4. The Morgan fingerprint density at radius 1 is 0.935 bits per heavy atom. The highest BCUT2D eigenvalue weighted by molar-refractivity contribution is 5.98. The molecule has 2 amide bonds. The van der Waals surface area contributed by atoms with Crippen molar-refractivity contribution in [1.29, 1.82) is 0 Å². The first-order chi connectivity index (χ1) is 21.8. The molecule has 4 aromatic rings. The number of rotatable bonds is 12. The van der Waals surface area contributed by atoms with Crippen LogP contribution in [0.25, 0.3) is 0 Å². The third kappa shape index (κ3) is 9.11. The molecule has 1 heterocycles. The number of aliphatic hydroxyl groups is 1. The van der Waals surface area contributed by atoms with Gasteiger partial charge < -0.3 is 25.6 Å². The van der Waals surface area contributed by atoms with Gasteiger partial charge in [-0.15, -0.1) is 0 Å². The number of amides is 2. The zero-order valence-corrected chi connectivity index (χ0v) is 25.1. The molecule has 0 radical (unpaired) electrons. The van der Waals surface area contributed by atoms with Crippen LogP contribution in [0.1, 0.15) is 56.1 Å². The second-order valence-electron chi connectivity index (χ2n) is 11.0. The minimum Gasteiger partial charge on any atom is -0.390 e. The average molecular weight is 639 g/mol. The van der Waals surface area contributed by atoms with Gasteiger partial charge in [-0.1, -0.05) is 60.7 Å². The van der Waals surface area contributed by atoms with E-state index in [9.17, 15) is 37.1 Å². The second-order valence-corrected chi connectivity index (χ2v) is 11.0. The Bertz CT molecular complexity index is 1700. The summed E-state index contributed by atoms with van der Waals surface area (Å²) >= 11 is 0. The number of aromatic amines is 1. The van der Waals surface area contributed by atoms with Gasteiger partial charge in [0.2, 0.25) is 5.56 Å². The molecule has 46 heavy (non-hydrogen) atoms. The lowest BCUT2D eigenvalue weighted by atomic mass is 10.0. The smallest absolute Gasteiger partial charge is 0.390 e. The van der Waals surface area contributed by atoms with Crippen LogP contribution in [0.3, 0.4) is 0 Å². The van der Waals surface area contributed by atoms with Crippen LogP contribution in [0.2, 0.25) is 0 Å². The first kappa shape index (κ1) is 34.1. The zero-order chi connectivity index (χ0) is 33.4. The predicted molar refractivity (Wildman–Crippen MR) is 165 cm³/mol. The monoisotopic (exact) mass is 638 g/mol. The Balaban J connectivity index is 1.49. The maximum Gasteiger partial charge on any atom is 0.416 e. The minimum absolute atomic E-state index is 0.00525. The van der Waals surface area contributed by atoms with Crippen molar-refractivity contribution < 1.29 is 32.3 Å². The van der Waals surface area contributed by atoms with Gasteiger partial charge in [-0.25, -0.2) is 4.39 Å². The molecule has 3 aromatic carbocycles. The van der Waals surface area contributed by atoms with E-state index >= 15 is 0 Å². The van der Waals surface area contributed by atoms with Crippen molar-refractivity contribution >= 4 is 11.8 Å². The number of pyridine rings is 1. The fraction of sp³-hybridized carbons (Fsp3) is 0.265. The molecule has 0 aliphatic rings. The summed E-state index contributed by atoms with van der Waals surface area (Å²) in [5.41, 5.74) is -0.342. The minimum atomic E-state index is -4.72. The number of hydrogen-bond acceptors (Lipinski definition) is 5. The van der Waals surface area contributed by atoms with Crippen LogP contribution in [-0.2, 0) is 19.1 Å². The number of nitrogens with zero attached hydrogens (tertiary/aromatic N) is 1. The van der Waals surface area contributed by atoms with E-state index in [4.69, 9.17) is 0 Å². The van der Waals surface area contributed by atoms with Crippen LogP contribution in [0.15, 0.2) is 95.8 Å². The number of alkyl halides is 3. The average Bonchev–Trinajstić information content (AvgIpc) is 3.03. The van der Waals surface area contributed by atoms with Gasteiger partial charge in [-0.3, -0.25) is 14.4 Å². The molecule has 8 nitrogen and oxygen atoms in total. The highest BCUT2D eigenvalue weighted by Crippen LogP contribution is 2.30. The summed E-state index contributed by atoms with van der Waals surface area (Å²) in [6, 6.07) is 21.5. The lowest BCUT2D eigenvalue weighted by Gasteiger charge is -2.26. The molecular formula is C34H34F4N4O4. The molecule has 242 valence electrons. The van der Waals surface area contributed by atoms with Crippen LogP contribution < -0.4 is 16.2 Å². The van der Waals surface area contributed by atoms with E-state index in [2.05, 4.69) is 15.6 Å². The Labute approximate surface area is 263 Å². The summed E-state index contributed by atoms with van der Waals surface area (Å²) in [6.07, 6.45) is -5.82. The maximum absolute atomic E-state index is 13.8. The number of hydrogen-bond donors (Lipinski definition) is 4. The van der Waals surface area contributed by atoms with Gasteiger partial charge in [0, 0.05) is 31.8 Å². The first-order valence-corrected chi connectivity index (χ1v) is 14.5. The van der Waals surface area contributed by atoms with Crippen LogP contribution in [-0.4, -0.2) is 52.5 Å². The van der Waals surface area contributed by atoms with E-state index in [0.717, 1.165) is 29.3 Å². The van der Waals surface area contributed by atoms with Crippen LogP contribution in [0.4, 0.5) is 17.6 Å². The van der Waals surface area contributed by atoms with Crippen molar-refractivity contribution in [3.05, 3.63) is 141 Å². The van der Waals surface area contributed by atoms with Gasteiger partial charge in [-0.05, 0) is 54.3 Å². The number of benzene rings is 3. The zero-order valence-electron chi connectivity index (χ0n) is 25.1. The summed E-state index contributed by atoms with van der Waals surface area (Å²) < 4.78 is 53.1. The molecule has 4 N–H and O–H groups in total. The quantitative estimate of drug-likeness (QED) is 0.166. The molecule has 0 spiro atoms. The third-order valence-electron chi connectivity index (χ3n) is 7.57. The molecule has 12 heteroatoms. The molecule has 0 saturated carbocycles. The van der Waals surface area contributed by atoms with Crippen molar-refractivity contribution in [3.8, 4) is 0 Å². The fourth-order valence-corrected chi connectivity index (χ4v) is 4.94. The number of carbonyl (C=O) groups is 2. The second kappa shape index (κ2) is 15.0. The molecule has 0 bridgehead atoms. The van der Waals surface area contributed by atoms with Crippen LogP contribution in [0, 0.1) is 5.82 Å². The molecule has 4 rings (SSSR count). The fourth-order valence-electron chi connectivity index (χ4n) is 4.94.